The fourth-order valence-corrected chi connectivity index (χ4v) is 5.55. The van der Waals surface area contributed by atoms with E-state index in [1.807, 2.05) is 36.4 Å². The predicted molar refractivity (Wildman–Crippen MR) is 123 cm³/mol. The molecular weight excluding hydrogens is 410 g/mol. The average Bonchev–Trinajstić information content (AvgIpc) is 3.16. The molecule has 1 aliphatic rings. The van der Waals surface area contributed by atoms with Gasteiger partial charge in [-0.15, -0.1) is 0 Å². The SMILES string of the molecule is CC(C)(C)c1ccc(S(=O)(=O)NCC2(Cc3ccc(CC(=O)O)cc3)CCCC2)cc1. The molecule has 0 spiro atoms. The minimum Gasteiger partial charge on any atom is -0.481 e. The van der Waals surface area contributed by atoms with E-state index in [1.165, 1.54) is 0 Å². The van der Waals surface area contributed by atoms with E-state index in [1.54, 1.807) is 12.1 Å². The smallest absolute Gasteiger partial charge is 0.307 e. The normalized spacial score (nSPS) is 16.4. The van der Waals surface area contributed by atoms with Crippen molar-refractivity contribution in [3.8, 4) is 0 Å². The van der Waals surface area contributed by atoms with Crippen molar-refractivity contribution in [2.45, 2.75) is 69.6 Å². The molecule has 1 aliphatic carbocycles. The molecule has 31 heavy (non-hydrogen) atoms. The van der Waals surface area contributed by atoms with Crippen LogP contribution in [0.15, 0.2) is 53.4 Å². The van der Waals surface area contributed by atoms with Gasteiger partial charge in [-0.05, 0) is 58.9 Å². The van der Waals surface area contributed by atoms with Crippen molar-refractivity contribution < 1.29 is 18.3 Å². The van der Waals surface area contributed by atoms with Crippen LogP contribution in [0, 0.1) is 5.41 Å². The minimum atomic E-state index is -3.58. The van der Waals surface area contributed by atoms with Gasteiger partial charge < -0.3 is 5.11 Å². The minimum absolute atomic E-state index is 0.0131. The van der Waals surface area contributed by atoms with Crippen LogP contribution in [0.2, 0.25) is 0 Å². The molecule has 0 bridgehead atoms. The first-order valence-electron chi connectivity index (χ1n) is 10.9. The Morgan fingerprint density at radius 1 is 0.968 bits per heavy atom. The fourth-order valence-electron chi connectivity index (χ4n) is 4.39. The third-order valence-corrected chi connectivity index (χ3v) is 7.71. The Hall–Kier alpha value is -2.18. The quantitative estimate of drug-likeness (QED) is 0.620. The molecule has 1 saturated carbocycles. The lowest BCUT2D eigenvalue weighted by Crippen LogP contribution is -2.37. The van der Waals surface area contributed by atoms with E-state index in [9.17, 15) is 13.2 Å². The number of carboxylic acids is 1. The van der Waals surface area contributed by atoms with Gasteiger partial charge in [0.15, 0.2) is 0 Å². The Morgan fingerprint density at radius 3 is 2.03 bits per heavy atom. The Morgan fingerprint density at radius 2 is 1.52 bits per heavy atom. The molecule has 0 saturated heterocycles. The van der Waals surface area contributed by atoms with Crippen molar-refractivity contribution in [3.05, 3.63) is 65.2 Å². The maximum absolute atomic E-state index is 12.9. The first-order valence-corrected chi connectivity index (χ1v) is 12.4. The molecule has 6 heteroatoms. The van der Waals surface area contributed by atoms with Crippen molar-refractivity contribution in [3.63, 3.8) is 0 Å². The van der Waals surface area contributed by atoms with E-state index in [0.717, 1.165) is 48.8 Å². The van der Waals surface area contributed by atoms with Crippen LogP contribution in [-0.2, 0) is 33.1 Å². The molecule has 2 N–H and O–H groups in total. The predicted octanol–water partition coefficient (Wildman–Crippen LogP) is 4.69. The summed E-state index contributed by atoms with van der Waals surface area (Å²) in [6.45, 7) is 6.72. The molecule has 3 rings (SSSR count). The van der Waals surface area contributed by atoms with Crippen LogP contribution >= 0.6 is 0 Å². The number of carbonyl (C=O) groups is 1. The second-order valence-electron chi connectivity index (χ2n) is 9.87. The Kier molecular flexibility index (Phi) is 6.92. The molecule has 0 amide bonds. The summed E-state index contributed by atoms with van der Waals surface area (Å²) in [5, 5.41) is 8.94. The van der Waals surface area contributed by atoms with Crippen LogP contribution < -0.4 is 4.72 Å². The zero-order chi connectivity index (χ0) is 22.7. The van der Waals surface area contributed by atoms with E-state index >= 15 is 0 Å². The van der Waals surface area contributed by atoms with Gasteiger partial charge in [-0.2, -0.15) is 0 Å². The fraction of sp³-hybridized carbons (Fsp3) is 0.480. The highest BCUT2D eigenvalue weighted by atomic mass is 32.2. The number of aliphatic carboxylic acids is 1. The number of hydrogen-bond donors (Lipinski definition) is 2. The monoisotopic (exact) mass is 443 g/mol. The van der Waals surface area contributed by atoms with Crippen LogP contribution in [0.25, 0.3) is 0 Å². The van der Waals surface area contributed by atoms with Crippen molar-refractivity contribution in [2.75, 3.05) is 6.54 Å². The van der Waals surface area contributed by atoms with E-state index in [2.05, 4.69) is 25.5 Å². The molecule has 0 heterocycles. The first-order chi connectivity index (χ1) is 14.5. The van der Waals surface area contributed by atoms with Crippen LogP contribution in [-0.4, -0.2) is 26.0 Å². The van der Waals surface area contributed by atoms with Crippen molar-refractivity contribution in [1.29, 1.82) is 0 Å². The standard InChI is InChI=1S/C25H33NO4S/c1-24(2,3)21-10-12-22(13-11-21)31(29,30)26-18-25(14-4-5-15-25)17-20-8-6-19(7-9-20)16-23(27)28/h6-13,26H,4-5,14-18H2,1-3H3,(H,27,28). The van der Waals surface area contributed by atoms with Gasteiger partial charge in [0.25, 0.3) is 0 Å². The van der Waals surface area contributed by atoms with Gasteiger partial charge >= 0.3 is 5.97 Å². The number of nitrogens with one attached hydrogen (secondary N) is 1. The summed E-state index contributed by atoms with van der Waals surface area (Å²) in [5.41, 5.74) is 2.86. The highest BCUT2D eigenvalue weighted by molar-refractivity contribution is 7.89. The number of rotatable bonds is 8. The van der Waals surface area contributed by atoms with Gasteiger partial charge in [-0.1, -0.05) is 70.0 Å². The van der Waals surface area contributed by atoms with Crippen molar-refractivity contribution >= 4 is 16.0 Å². The lowest BCUT2D eigenvalue weighted by molar-refractivity contribution is -0.136. The summed E-state index contributed by atoms with van der Waals surface area (Å²) in [6.07, 6.45) is 4.95. The summed E-state index contributed by atoms with van der Waals surface area (Å²) in [4.78, 5) is 11.2. The van der Waals surface area contributed by atoms with Gasteiger partial charge in [-0.25, -0.2) is 13.1 Å². The van der Waals surface area contributed by atoms with Crippen molar-refractivity contribution in [1.82, 2.24) is 4.72 Å². The number of sulfonamides is 1. The molecule has 168 valence electrons. The van der Waals surface area contributed by atoms with E-state index in [0.29, 0.717) is 11.4 Å². The highest BCUT2D eigenvalue weighted by Crippen LogP contribution is 2.41. The molecule has 0 aromatic heterocycles. The topological polar surface area (TPSA) is 83.5 Å². The van der Waals surface area contributed by atoms with Crippen LogP contribution in [0.4, 0.5) is 0 Å². The maximum atomic E-state index is 12.9. The maximum Gasteiger partial charge on any atom is 0.307 e. The highest BCUT2D eigenvalue weighted by Gasteiger charge is 2.35. The lowest BCUT2D eigenvalue weighted by Gasteiger charge is -2.29. The van der Waals surface area contributed by atoms with Crippen LogP contribution in [0.3, 0.4) is 0 Å². The molecule has 2 aromatic rings. The van der Waals surface area contributed by atoms with E-state index < -0.39 is 16.0 Å². The summed E-state index contributed by atoms with van der Waals surface area (Å²) in [6, 6.07) is 14.8. The third-order valence-electron chi connectivity index (χ3n) is 6.29. The zero-order valence-corrected chi connectivity index (χ0v) is 19.5. The lowest BCUT2D eigenvalue weighted by atomic mass is 9.80. The van der Waals surface area contributed by atoms with Gasteiger partial charge in [0, 0.05) is 6.54 Å². The molecule has 1 fully saturated rings. The average molecular weight is 444 g/mol. The van der Waals surface area contributed by atoms with Crippen LogP contribution in [0.5, 0.6) is 0 Å². The molecule has 0 unspecified atom stereocenters. The summed E-state index contributed by atoms with van der Waals surface area (Å²) >= 11 is 0. The number of benzene rings is 2. The second kappa shape index (κ2) is 9.13. The van der Waals surface area contributed by atoms with Gasteiger partial charge in [-0.3, -0.25) is 4.79 Å². The molecule has 2 aromatic carbocycles. The summed E-state index contributed by atoms with van der Waals surface area (Å²) in [5.74, 6) is -0.843. The summed E-state index contributed by atoms with van der Waals surface area (Å²) in [7, 11) is -3.58. The largest absolute Gasteiger partial charge is 0.481 e. The Labute approximate surface area is 185 Å². The number of carboxylic acid groups (broad SMARTS) is 1. The van der Waals surface area contributed by atoms with Crippen LogP contribution in [0.1, 0.15) is 63.1 Å². The van der Waals surface area contributed by atoms with Crippen molar-refractivity contribution in [2.24, 2.45) is 5.41 Å². The first kappa shape index (κ1) is 23.5. The van der Waals surface area contributed by atoms with E-state index in [4.69, 9.17) is 5.11 Å². The van der Waals surface area contributed by atoms with Gasteiger partial charge in [0.1, 0.15) is 0 Å². The third kappa shape index (κ3) is 6.17. The molecule has 0 radical (unpaired) electrons. The summed E-state index contributed by atoms with van der Waals surface area (Å²) < 4.78 is 28.7. The zero-order valence-electron chi connectivity index (χ0n) is 18.6. The van der Waals surface area contributed by atoms with Gasteiger partial charge in [0.2, 0.25) is 10.0 Å². The molecule has 0 aliphatic heterocycles. The van der Waals surface area contributed by atoms with E-state index in [-0.39, 0.29) is 17.3 Å². The Bertz CT molecular complexity index is 997. The second-order valence-corrected chi connectivity index (χ2v) is 11.6. The number of hydrogen-bond acceptors (Lipinski definition) is 3. The molecule has 5 nitrogen and oxygen atoms in total. The molecular formula is C25H33NO4S. The molecule has 0 atom stereocenters. The van der Waals surface area contributed by atoms with Gasteiger partial charge in [0.05, 0.1) is 11.3 Å². The Balaban J connectivity index is 1.70.